The van der Waals surface area contributed by atoms with E-state index in [1.54, 1.807) is 38.3 Å². The average molecular weight is 393 g/mol. The third-order valence-corrected chi connectivity index (χ3v) is 6.11. The van der Waals surface area contributed by atoms with Crippen molar-refractivity contribution < 1.29 is 9.59 Å². The molecule has 2 aliphatic rings. The van der Waals surface area contributed by atoms with Gasteiger partial charge in [0.05, 0.1) is 11.6 Å². The SMILES string of the molecule is Cc1ncc(C(=O)N2C[C@@H]3CN(C(=O)N(C)C)[C@@H](c4ccccc4C)[C@@H]3C2)cn1. The lowest BCUT2D eigenvalue weighted by Crippen LogP contribution is -2.42. The van der Waals surface area contributed by atoms with Crippen LogP contribution in [0, 0.1) is 25.7 Å². The van der Waals surface area contributed by atoms with Gasteiger partial charge < -0.3 is 14.7 Å². The number of likely N-dealkylation sites (tertiary alicyclic amines) is 2. The Hall–Kier alpha value is -2.96. The van der Waals surface area contributed by atoms with E-state index < -0.39 is 0 Å². The number of aryl methyl sites for hydroxylation is 2. The Morgan fingerprint density at radius 1 is 1.03 bits per heavy atom. The molecule has 0 aliphatic carbocycles. The van der Waals surface area contributed by atoms with Crippen LogP contribution < -0.4 is 0 Å². The van der Waals surface area contributed by atoms with Crippen LogP contribution in [0.15, 0.2) is 36.7 Å². The Morgan fingerprint density at radius 2 is 1.72 bits per heavy atom. The molecule has 3 atom stereocenters. The summed E-state index contributed by atoms with van der Waals surface area (Å²) in [5, 5.41) is 0. The molecule has 7 nitrogen and oxygen atoms in total. The molecule has 2 aliphatic heterocycles. The van der Waals surface area contributed by atoms with Crippen molar-refractivity contribution in [2.45, 2.75) is 19.9 Å². The van der Waals surface area contributed by atoms with E-state index in [4.69, 9.17) is 0 Å². The number of hydrogen-bond donors (Lipinski definition) is 0. The maximum absolute atomic E-state index is 13.0. The van der Waals surface area contributed by atoms with Gasteiger partial charge in [0.2, 0.25) is 0 Å². The van der Waals surface area contributed by atoms with Gasteiger partial charge in [-0.3, -0.25) is 4.79 Å². The predicted molar refractivity (Wildman–Crippen MR) is 109 cm³/mol. The summed E-state index contributed by atoms with van der Waals surface area (Å²) in [6.45, 7) is 5.83. The molecule has 2 fully saturated rings. The minimum atomic E-state index is -0.0339. The maximum atomic E-state index is 13.0. The third kappa shape index (κ3) is 3.45. The average Bonchev–Trinajstić information content (AvgIpc) is 3.26. The van der Waals surface area contributed by atoms with Gasteiger partial charge in [-0.05, 0) is 25.0 Å². The molecule has 0 radical (unpaired) electrons. The Kier molecular flexibility index (Phi) is 4.98. The number of fused-ring (bicyclic) bond motifs is 1. The fraction of sp³-hybridized carbons (Fsp3) is 0.455. The topological polar surface area (TPSA) is 69.6 Å². The van der Waals surface area contributed by atoms with E-state index in [0.29, 0.717) is 31.0 Å². The molecule has 7 heteroatoms. The highest BCUT2D eigenvalue weighted by Crippen LogP contribution is 2.46. The number of carbonyl (C=O) groups is 2. The molecule has 1 aromatic heterocycles. The molecule has 0 unspecified atom stereocenters. The number of nitrogens with zero attached hydrogens (tertiary/aromatic N) is 5. The second-order valence-electron chi connectivity index (χ2n) is 8.28. The van der Waals surface area contributed by atoms with E-state index in [9.17, 15) is 9.59 Å². The van der Waals surface area contributed by atoms with Gasteiger partial charge in [-0.15, -0.1) is 0 Å². The molecule has 4 rings (SSSR count). The van der Waals surface area contributed by atoms with Crippen LogP contribution in [-0.4, -0.2) is 70.3 Å². The van der Waals surface area contributed by atoms with Crippen LogP contribution >= 0.6 is 0 Å². The Balaban J connectivity index is 1.62. The highest BCUT2D eigenvalue weighted by atomic mass is 16.2. The van der Waals surface area contributed by atoms with Crippen LogP contribution in [0.5, 0.6) is 0 Å². The zero-order valence-corrected chi connectivity index (χ0v) is 17.4. The minimum absolute atomic E-state index is 0.0248. The number of benzene rings is 1. The summed E-state index contributed by atoms with van der Waals surface area (Å²) in [7, 11) is 3.58. The van der Waals surface area contributed by atoms with Crippen molar-refractivity contribution >= 4 is 11.9 Å². The zero-order chi connectivity index (χ0) is 20.7. The van der Waals surface area contributed by atoms with E-state index in [1.807, 2.05) is 21.9 Å². The Morgan fingerprint density at radius 3 is 2.38 bits per heavy atom. The highest BCUT2D eigenvalue weighted by Gasteiger charge is 2.50. The van der Waals surface area contributed by atoms with Gasteiger partial charge in [0.1, 0.15) is 5.82 Å². The monoisotopic (exact) mass is 393 g/mol. The summed E-state index contributed by atoms with van der Waals surface area (Å²) < 4.78 is 0. The van der Waals surface area contributed by atoms with Crippen molar-refractivity contribution in [2.24, 2.45) is 11.8 Å². The van der Waals surface area contributed by atoms with Gasteiger partial charge >= 0.3 is 6.03 Å². The summed E-state index contributed by atoms with van der Waals surface area (Å²) in [5.41, 5.74) is 2.86. The molecule has 0 saturated carbocycles. The smallest absolute Gasteiger partial charge is 0.320 e. The molecule has 3 heterocycles. The quantitative estimate of drug-likeness (QED) is 0.786. The van der Waals surface area contributed by atoms with Gasteiger partial charge in [0, 0.05) is 58.0 Å². The lowest BCUT2D eigenvalue weighted by atomic mass is 9.88. The number of aromatic nitrogens is 2. The summed E-state index contributed by atoms with van der Waals surface area (Å²) in [4.78, 5) is 39.7. The Bertz CT molecular complexity index is 927. The summed E-state index contributed by atoms with van der Waals surface area (Å²) in [5.74, 6) is 1.10. The molecule has 29 heavy (non-hydrogen) atoms. The van der Waals surface area contributed by atoms with Gasteiger partial charge in [-0.2, -0.15) is 0 Å². The van der Waals surface area contributed by atoms with Crippen molar-refractivity contribution in [1.29, 1.82) is 0 Å². The minimum Gasteiger partial charge on any atom is -0.338 e. The van der Waals surface area contributed by atoms with Crippen molar-refractivity contribution in [3.8, 4) is 0 Å². The van der Waals surface area contributed by atoms with Crippen molar-refractivity contribution in [3.63, 3.8) is 0 Å². The maximum Gasteiger partial charge on any atom is 0.320 e. The first-order chi connectivity index (χ1) is 13.9. The van der Waals surface area contributed by atoms with Crippen LogP contribution in [0.25, 0.3) is 0 Å². The van der Waals surface area contributed by atoms with E-state index in [0.717, 1.165) is 0 Å². The van der Waals surface area contributed by atoms with Gasteiger partial charge in [0.15, 0.2) is 0 Å². The molecular formula is C22H27N5O2. The van der Waals surface area contributed by atoms with Crippen LogP contribution in [0.3, 0.4) is 0 Å². The predicted octanol–water partition coefficient (Wildman–Crippen LogP) is 2.52. The lowest BCUT2D eigenvalue weighted by Gasteiger charge is -2.32. The second-order valence-corrected chi connectivity index (χ2v) is 8.28. The second kappa shape index (κ2) is 7.46. The standard InChI is InChI=1S/C22H27N5O2/c1-14-7-5-6-8-18(14)20-19-13-26(21(28)16-9-23-15(2)24-10-16)11-17(19)12-27(20)22(29)25(3)4/h5-10,17,19-20H,11-13H2,1-4H3/t17-,19-,20+/m1/s1. The number of carbonyl (C=O) groups excluding carboxylic acids is 2. The van der Waals surface area contributed by atoms with Crippen LogP contribution in [-0.2, 0) is 0 Å². The number of amides is 3. The van der Waals surface area contributed by atoms with Crippen molar-refractivity contribution in [1.82, 2.24) is 24.7 Å². The van der Waals surface area contributed by atoms with Crippen LogP contribution in [0.2, 0.25) is 0 Å². The van der Waals surface area contributed by atoms with E-state index in [-0.39, 0.29) is 29.8 Å². The molecular weight excluding hydrogens is 366 g/mol. The van der Waals surface area contributed by atoms with Gasteiger partial charge in [-0.25, -0.2) is 14.8 Å². The van der Waals surface area contributed by atoms with Crippen LogP contribution in [0.4, 0.5) is 4.79 Å². The first-order valence-corrected chi connectivity index (χ1v) is 9.98. The molecule has 0 bridgehead atoms. The summed E-state index contributed by atoms with van der Waals surface area (Å²) in [6.07, 6.45) is 3.19. The molecule has 2 saturated heterocycles. The zero-order valence-electron chi connectivity index (χ0n) is 17.4. The van der Waals surface area contributed by atoms with Crippen LogP contribution in [0.1, 0.15) is 33.4 Å². The lowest BCUT2D eigenvalue weighted by molar-refractivity contribution is 0.0765. The molecule has 0 N–H and O–H groups in total. The normalized spacial score (nSPS) is 23.2. The molecule has 0 spiro atoms. The molecule has 3 amide bonds. The fourth-order valence-electron chi connectivity index (χ4n) is 4.67. The van der Waals surface area contributed by atoms with Crippen molar-refractivity contribution in [2.75, 3.05) is 33.7 Å². The van der Waals surface area contributed by atoms with E-state index in [2.05, 4.69) is 29.0 Å². The van der Waals surface area contributed by atoms with Gasteiger partial charge in [0.25, 0.3) is 5.91 Å². The first kappa shape index (κ1) is 19.4. The number of urea groups is 1. The highest BCUT2D eigenvalue weighted by molar-refractivity contribution is 5.93. The van der Waals surface area contributed by atoms with Crippen molar-refractivity contribution in [3.05, 3.63) is 59.2 Å². The fourth-order valence-corrected chi connectivity index (χ4v) is 4.67. The van der Waals surface area contributed by atoms with E-state index in [1.165, 1.54) is 11.1 Å². The van der Waals surface area contributed by atoms with Gasteiger partial charge in [-0.1, -0.05) is 24.3 Å². The third-order valence-electron chi connectivity index (χ3n) is 6.11. The summed E-state index contributed by atoms with van der Waals surface area (Å²) >= 11 is 0. The molecule has 152 valence electrons. The van der Waals surface area contributed by atoms with E-state index >= 15 is 0 Å². The number of rotatable bonds is 2. The first-order valence-electron chi connectivity index (χ1n) is 9.98. The Labute approximate surface area is 171 Å². The largest absolute Gasteiger partial charge is 0.338 e. The molecule has 2 aromatic rings. The summed E-state index contributed by atoms with van der Waals surface area (Å²) in [6, 6.07) is 8.24. The number of hydrogen-bond acceptors (Lipinski definition) is 4. The molecule has 1 aromatic carbocycles.